The van der Waals surface area contributed by atoms with Gasteiger partial charge in [-0.05, 0) is 64.2 Å². The fraction of sp³-hybridized carbons (Fsp3) is 0.441. The molecule has 1 unspecified atom stereocenters. The van der Waals surface area contributed by atoms with E-state index in [2.05, 4.69) is 83.3 Å². The Labute approximate surface area is 256 Å². The maximum absolute atomic E-state index is 12.2. The van der Waals surface area contributed by atoms with Gasteiger partial charge in [-0.1, -0.05) is 79.8 Å². The van der Waals surface area contributed by atoms with E-state index in [1.165, 1.54) is 6.20 Å². The molecule has 1 aromatic heterocycles. The summed E-state index contributed by atoms with van der Waals surface area (Å²) in [6.07, 6.45) is 36.0. The van der Waals surface area contributed by atoms with Gasteiger partial charge in [-0.25, -0.2) is 9.78 Å². The summed E-state index contributed by atoms with van der Waals surface area (Å²) in [5.74, 6) is -1.95. The average molecular weight is 593 g/mol. The van der Waals surface area contributed by atoms with Crippen molar-refractivity contribution < 1.29 is 24.2 Å². The van der Waals surface area contributed by atoms with E-state index in [9.17, 15) is 24.7 Å². The maximum atomic E-state index is 12.2. The Kier molecular flexibility index (Phi) is 20.8. The first-order valence-corrected chi connectivity index (χ1v) is 15.1. The number of carbonyl (C=O) groups is 3. The van der Waals surface area contributed by atoms with Gasteiger partial charge in [0.15, 0.2) is 5.69 Å². The van der Waals surface area contributed by atoms with Gasteiger partial charge in [-0.15, -0.1) is 0 Å². The summed E-state index contributed by atoms with van der Waals surface area (Å²) >= 11 is 0. The summed E-state index contributed by atoms with van der Waals surface area (Å²) in [6.45, 7) is 4.11. The first kappa shape index (κ1) is 36.8. The van der Waals surface area contributed by atoms with Crippen LogP contribution in [-0.4, -0.2) is 40.5 Å². The number of aliphatic carboxylic acids is 1. The van der Waals surface area contributed by atoms with Crippen molar-refractivity contribution in [3.05, 3.63) is 102 Å². The Morgan fingerprint density at radius 2 is 1.42 bits per heavy atom. The standard InChI is InChI=1S/C34H48N4O5/c1-3-4-5-6-7-8-9-10-11-12-13-14-15-16-17-18-19-20-21-25-32(39)35-26-23-22-24-30(34(41)42)37-33(40)31-28-38(43)29(2)27-36-31/h4-5,7-8,10-11,13-14,16-17,19-20,27-28,30H,3,6,9,12,15,18,21-26H2,1-2H3,(H,35,39)(H,37,40)(H,41,42). The molecule has 0 aromatic carbocycles. The summed E-state index contributed by atoms with van der Waals surface area (Å²) in [7, 11) is 0. The molecule has 3 N–H and O–H groups in total. The number of nitrogens with one attached hydrogen (secondary N) is 2. The zero-order chi connectivity index (χ0) is 31.5. The fourth-order valence-electron chi connectivity index (χ4n) is 3.72. The SMILES string of the molecule is CCC=CCC=CCC=CCC=CCC=CCC=CCCC(=O)NCCCCC(NC(=O)c1c[n+]([O-])c(C)cn1)C(=O)O. The summed E-state index contributed by atoms with van der Waals surface area (Å²) < 4.78 is 0.502. The first-order valence-electron chi connectivity index (χ1n) is 15.1. The molecule has 0 aliphatic rings. The van der Waals surface area contributed by atoms with Crippen LogP contribution >= 0.6 is 0 Å². The number of hydrogen-bond acceptors (Lipinski definition) is 5. The predicted octanol–water partition coefficient (Wildman–Crippen LogP) is 5.97. The second kappa shape index (κ2) is 24.3. The van der Waals surface area contributed by atoms with Crippen molar-refractivity contribution >= 4 is 17.8 Å². The molecule has 1 atom stereocenters. The molecule has 9 heteroatoms. The van der Waals surface area contributed by atoms with Crippen molar-refractivity contribution in [1.29, 1.82) is 0 Å². The molecule has 43 heavy (non-hydrogen) atoms. The highest BCUT2D eigenvalue weighted by Crippen LogP contribution is 2.04. The molecule has 0 fully saturated rings. The van der Waals surface area contributed by atoms with Crippen molar-refractivity contribution in [2.45, 2.75) is 90.5 Å². The van der Waals surface area contributed by atoms with Crippen LogP contribution in [0.25, 0.3) is 0 Å². The normalized spacial score (nSPS) is 12.9. The van der Waals surface area contributed by atoms with E-state index >= 15 is 0 Å². The second-order valence-electron chi connectivity index (χ2n) is 9.90. The molecular formula is C34H48N4O5. The molecule has 0 spiro atoms. The number of hydrogen-bond donors (Lipinski definition) is 3. The molecule has 9 nitrogen and oxygen atoms in total. The highest BCUT2D eigenvalue weighted by Gasteiger charge is 2.22. The summed E-state index contributed by atoms with van der Waals surface area (Å²) in [5, 5.41) is 26.3. The van der Waals surface area contributed by atoms with Gasteiger partial charge in [-0.2, -0.15) is 4.73 Å². The highest BCUT2D eigenvalue weighted by atomic mass is 16.5. The fourth-order valence-corrected chi connectivity index (χ4v) is 3.72. The van der Waals surface area contributed by atoms with Crippen LogP contribution in [0.1, 0.15) is 93.7 Å². The van der Waals surface area contributed by atoms with Gasteiger partial charge < -0.3 is 20.9 Å². The summed E-state index contributed by atoms with van der Waals surface area (Å²) in [5.41, 5.74) is 0.178. The smallest absolute Gasteiger partial charge is 0.326 e. The minimum atomic E-state index is -1.17. The molecule has 234 valence electrons. The molecule has 0 aliphatic heterocycles. The maximum Gasteiger partial charge on any atom is 0.326 e. The zero-order valence-corrected chi connectivity index (χ0v) is 25.6. The molecule has 0 aliphatic carbocycles. The third kappa shape index (κ3) is 19.5. The molecule has 2 amide bonds. The van der Waals surface area contributed by atoms with E-state index in [0.717, 1.165) is 44.7 Å². The van der Waals surface area contributed by atoms with Crippen molar-refractivity contribution in [2.24, 2.45) is 0 Å². The quantitative estimate of drug-likeness (QED) is 0.0657. The lowest BCUT2D eigenvalue weighted by molar-refractivity contribution is -0.613. The van der Waals surface area contributed by atoms with Crippen molar-refractivity contribution in [3.63, 3.8) is 0 Å². The third-order valence-corrected chi connectivity index (χ3v) is 6.19. The molecular weight excluding hydrogens is 544 g/mol. The Bertz CT molecular complexity index is 1150. The Morgan fingerprint density at radius 3 is 1.93 bits per heavy atom. The topological polar surface area (TPSA) is 135 Å². The minimum Gasteiger partial charge on any atom is -0.618 e. The van der Waals surface area contributed by atoms with Crippen LogP contribution in [0.5, 0.6) is 0 Å². The van der Waals surface area contributed by atoms with Gasteiger partial charge >= 0.3 is 5.97 Å². The monoisotopic (exact) mass is 592 g/mol. The van der Waals surface area contributed by atoms with Gasteiger partial charge in [0.2, 0.25) is 17.8 Å². The van der Waals surface area contributed by atoms with Crippen LogP contribution in [0.2, 0.25) is 0 Å². The number of rotatable bonds is 22. The number of amides is 2. The van der Waals surface area contributed by atoms with E-state index in [4.69, 9.17) is 0 Å². The number of carbonyl (C=O) groups excluding carboxylic acids is 2. The van der Waals surface area contributed by atoms with Crippen molar-refractivity contribution in [1.82, 2.24) is 15.6 Å². The Hall–Kier alpha value is -4.27. The van der Waals surface area contributed by atoms with Gasteiger partial charge in [0.05, 0.1) is 6.20 Å². The molecule has 1 rings (SSSR count). The highest BCUT2D eigenvalue weighted by molar-refractivity contribution is 5.94. The largest absolute Gasteiger partial charge is 0.618 e. The van der Waals surface area contributed by atoms with Crippen LogP contribution in [0, 0.1) is 12.1 Å². The van der Waals surface area contributed by atoms with Gasteiger partial charge in [0, 0.05) is 19.9 Å². The van der Waals surface area contributed by atoms with E-state index < -0.39 is 17.9 Å². The Morgan fingerprint density at radius 1 is 0.884 bits per heavy atom. The number of carboxylic acid groups (broad SMARTS) is 1. The zero-order valence-electron chi connectivity index (χ0n) is 25.6. The average Bonchev–Trinajstić information content (AvgIpc) is 2.98. The van der Waals surface area contributed by atoms with Crippen molar-refractivity contribution in [2.75, 3.05) is 6.54 Å². The number of carboxylic acids is 1. The molecule has 0 radical (unpaired) electrons. The van der Waals surface area contributed by atoms with E-state index in [0.29, 0.717) is 42.7 Å². The number of allylic oxidation sites excluding steroid dienone is 12. The lowest BCUT2D eigenvalue weighted by atomic mass is 10.1. The van der Waals surface area contributed by atoms with E-state index in [1.807, 2.05) is 12.2 Å². The number of aromatic nitrogens is 2. The van der Waals surface area contributed by atoms with Crippen molar-refractivity contribution in [3.8, 4) is 0 Å². The van der Waals surface area contributed by atoms with Crippen LogP contribution in [0.3, 0.4) is 0 Å². The number of unbranched alkanes of at least 4 members (excludes halogenated alkanes) is 1. The molecule has 1 aromatic rings. The molecule has 1 heterocycles. The second-order valence-corrected chi connectivity index (χ2v) is 9.90. The molecule has 0 saturated heterocycles. The summed E-state index contributed by atoms with van der Waals surface area (Å²) in [4.78, 5) is 39.7. The molecule has 0 saturated carbocycles. The van der Waals surface area contributed by atoms with E-state index in [-0.39, 0.29) is 18.0 Å². The number of aryl methyl sites for hydroxylation is 1. The van der Waals surface area contributed by atoms with Crippen LogP contribution in [0.15, 0.2) is 85.3 Å². The Balaban J connectivity index is 2.09. The van der Waals surface area contributed by atoms with Gasteiger partial charge in [0.25, 0.3) is 5.91 Å². The van der Waals surface area contributed by atoms with Crippen LogP contribution in [0.4, 0.5) is 0 Å². The molecule has 0 bridgehead atoms. The first-order chi connectivity index (χ1) is 20.8. The lowest BCUT2D eigenvalue weighted by Gasteiger charge is -2.14. The van der Waals surface area contributed by atoms with Gasteiger partial charge in [-0.3, -0.25) is 9.59 Å². The van der Waals surface area contributed by atoms with Crippen LogP contribution < -0.4 is 15.4 Å². The minimum absolute atomic E-state index is 0.0565. The predicted molar refractivity (Wildman–Crippen MR) is 171 cm³/mol. The lowest BCUT2D eigenvalue weighted by Crippen LogP contribution is -2.42. The van der Waals surface area contributed by atoms with E-state index in [1.54, 1.807) is 6.92 Å². The third-order valence-electron chi connectivity index (χ3n) is 6.19. The van der Waals surface area contributed by atoms with Gasteiger partial charge in [0.1, 0.15) is 6.04 Å². The summed E-state index contributed by atoms with van der Waals surface area (Å²) in [6, 6.07) is -1.11. The number of nitrogens with zero attached hydrogens (tertiary/aromatic N) is 2. The van der Waals surface area contributed by atoms with Crippen LogP contribution in [-0.2, 0) is 9.59 Å².